The van der Waals surface area contributed by atoms with E-state index >= 15 is 0 Å². The molecule has 0 bridgehead atoms. The van der Waals surface area contributed by atoms with Crippen LogP contribution in [0, 0.1) is 12.8 Å². The summed E-state index contributed by atoms with van der Waals surface area (Å²) in [4.78, 5) is 18.9. The van der Waals surface area contributed by atoms with Crippen molar-refractivity contribution in [2.75, 3.05) is 13.1 Å². The minimum absolute atomic E-state index is 0.0922. The van der Waals surface area contributed by atoms with Crippen LogP contribution >= 0.6 is 0 Å². The van der Waals surface area contributed by atoms with Crippen LogP contribution in [0.25, 0.3) is 11.0 Å². The molecule has 20 heavy (non-hydrogen) atoms. The summed E-state index contributed by atoms with van der Waals surface area (Å²) in [7, 11) is 1.87. The minimum atomic E-state index is 0.0922. The maximum atomic E-state index is 12.5. The van der Waals surface area contributed by atoms with Crippen LogP contribution in [0.5, 0.6) is 0 Å². The molecular formula is C15H20N4O. The molecule has 1 saturated heterocycles. The molecule has 0 saturated carbocycles. The van der Waals surface area contributed by atoms with Gasteiger partial charge >= 0.3 is 0 Å². The van der Waals surface area contributed by atoms with Gasteiger partial charge in [0.2, 0.25) is 0 Å². The number of likely N-dealkylation sites (tertiary alicyclic amines) is 1. The zero-order chi connectivity index (χ0) is 14.3. The monoisotopic (exact) mass is 272 g/mol. The lowest BCUT2D eigenvalue weighted by Gasteiger charge is -2.30. The fraction of sp³-hybridized carbons (Fsp3) is 0.533. The lowest BCUT2D eigenvalue weighted by Crippen LogP contribution is -2.37. The van der Waals surface area contributed by atoms with Crippen LogP contribution in [0.3, 0.4) is 0 Å². The zero-order valence-corrected chi connectivity index (χ0v) is 12.3. The van der Waals surface area contributed by atoms with Gasteiger partial charge in [0.25, 0.3) is 5.91 Å². The van der Waals surface area contributed by atoms with Crippen LogP contribution in [0.4, 0.5) is 0 Å². The van der Waals surface area contributed by atoms with E-state index in [9.17, 15) is 4.79 Å². The number of carbonyl (C=O) groups excluding carboxylic acids is 1. The molecule has 0 atom stereocenters. The van der Waals surface area contributed by atoms with Crippen molar-refractivity contribution in [2.45, 2.75) is 26.7 Å². The second-order valence-corrected chi connectivity index (χ2v) is 5.78. The van der Waals surface area contributed by atoms with Crippen molar-refractivity contribution in [2.24, 2.45) is 13.0 Å². The Labute approximate surface area is 118 Å². The first-order chi connectivity index (χ1) is 9.56. The highest BCUT2D eigenvalue weighted by atomic mass is 16.2. The molecule has 106 valence electrons. The zero-order valence-electron chi connectivity index (χ0n) is 12.3. The van der Waals surface area contributed by atoms with Crippen molar-refractivity contribution < 1.29 is 4.79 Å². The highest BCUT2D eigenvalue weighted by Crippen LogP contribution is 2.21. The van der Waals surface area contributed by atoms with Crippen molar-refractivity contribution in [3.8, 4) is 0 Å². The maximum Gasteiger partial charge on any atom is 0.255 e. The smallest absolute Gasteiger partial charge is 0.255 e. The van der Waals surface area contributed by atoms with Gasteiger partial charge in [-0.05, 0) is 31.7 Å². The number of aromatic nitrogens is 3. The number of hydrogen-bond acceptors (Lipinski definition) is 3. The molecule has 1 amide bonds. The molecular weight excluding hydrogens is 252 g/mol. The van der Waals surface area contributed by atoms with E-state index < -0.39 is 0 Å². The molecule has 0 spiro atoms. The fourth-order valence-corrected chi connectivity index (χ4v) is 2.82. The number of fused-ring (bicyclic) bond motifs is 1. The van der Waals surface area contributed by atoms with Gasteiger partial charge in [0.05, 0.1) is 11.3 Å². The molecule has 2 aromatic heterocycles. The van der Waals surface area contributed by atoms with Gasteiger partial charge in [-0.3, -0.25) is 9.48 Å². The van der Waals surface area contributed by atoms with Gasteiger partial charge < -0.3 is 4.90 Å². The molecule has 1 aliphatic heterocycles. The third-order valence-corrected chi connectivity index (χ3v) is 4.18. The number of nitrogens with zero attached hydrogens (tertiary/aromatic N) is 4. The summed E-state index contributed by atoms with van der Waals surface area (Å²) in [6.45, 7) is 5.89. The predicted octanol–water partition coefficient (Wildman–Crippen LogP) is 2.15. The van der Waals surface area contributed by atoms with Crippen molar-refractivity contribution in [1.82, 2.24) is 19.7 Å². The average molecular weight is 272 g/mol. The molecule has 5 nitrogen and oxygen atoms in total. The Morgan fingerprint density at radius 3 is 2.75 bits per heavy atom. The van der Waals surface area contributed by atoms with Crippen LogP contribution in [0.2, 0.25) is 0 Å². The van der Waals surface area contributed by atoms with E-state index in [1.165, 1.54) is 0 Å². The van der Waals surface area contributed by atoms with Gasteiger partial charge in [-0.15, -0.1) is 0 Å². The van der Waals surface area contributed by atoms with Gasteiger partial charge in [0.15, 0.2) is 5.65 Å². The number of amides is 1. The summed E-state index contributed by atoms with van der Waals surface area (Å²) in [6, 6.07) is 1.92. The average Bonchev–Trinajstić information content (AvgIpc) is 2.74. The van der Waals surface area contributed by atoms with Crippen LogP contribution < -0.4 is 0 Å². The predicted molar refractivity (Wildman–Crippen MR) is 77.5 cm³/mol. The number of rotatable bonds is 1. The summed E-state index contributed by atoms with van der Waals surface area (Å²) < 4.78 is 1.75. The number of aryl methyl sites for hydroxylation is 2. The second-order valence-electron chi connectivity index (χ2n) is 5.78. The quantitative estimate of drug-likeness (QED) is 0.799. The summed E-state index contributed by atoms with van der Waals surface area (Å²) >= 11 is 0. The van der Waals surface area contributed by atoms with Crippen LogP contribution in [0.1, 0.15) is 35.8 Å². The number of carbonyl (C=O) groups is 1. The van der Waals surface area contributed by atoms with Crippen LogP contribution in [-0.2, 0) is 7.05 Å². The third kappa shape index (κ3) is 2.17. The SMILES string of the molecule is Cc1nn(C)c2ncc(C(=O)N3CCC(C)CC3)cc12. The van der Waals surface area contributed by atoms with E-state index in [0.717, 1.165) is 48.6 Å². The molecule has 2 aromatic rings. The second kappa shape index (κ2) is 4.89. The standard InChI is InChI=1S/C15H20N4O/c1-10-4-6-19(7-5-10)15(20)12-8-13-11(2)17-18(3)14(13)16-9-12/h8-10H,4-7H2,1-3H3. The Bertz CT molecular complexity index is 653. The first kappa shape index (κ1) is 13.1. The van der Waals surface area contributed by atoms with Crippen molar-refractivity contribution in [1.29, 1.82) is 0 Å². The van der Waals surface area contributed by atoms with E-state index in [2.05, 4.69) is 17.0 Å². The summed E-state index contributed by atoms with van der Waals surface area (Å²) in [6.07, 6.45) is 3.85. The Morgan fingerprint density at radius 1 is 1.35 bits per heavy atom. The number of hydrogen-bond donors (Lipinski definition) is 0. The lowest BCUT2D eigenvalue weighted by atomic mass is 9.99. The molecule has 3 heterocycles. The number of pyridine rings is 1. The molecule has 0 aromatic carbocycles. The van der Waals surface area contributed by atoms with E-state index in [1.54, 1.807) is 10.9 Å². The van der Waals surface area contributed by atoms with Gasteiger partial charge in [-0.1, -0.05) is 6.92 Å². The summed E-state index contributed by atoms with van der Waals surface area (Å²) in [5.74, 6) is 0.815. The Morgan fingerprint density at radius 2 is 2.05 bits per heavy atom. The highest BCUT2D eigenvalue weighted by molar-refractivity contribution is 5.97. The molecule has 5 heteroatoms. The van der Waals surface area contributed by atoms with Crippen LogP contribution in [0.15, 0.2) is 12.3 Å². The largest absolute Gasteiger partial charge is 0.339 e. The first-order valence-corrected chi connectivity index (χ1v) is 7.15. The van der Waals surface area contributed by atoms with E-state index in [1.807, 2.05) is 24.9 Å². The molecule has 1 aliphatic rings. The van der Waals surface area contributed by atoms with Crippen molar-refractivity contribution >= 4 is 16.9 Å². The Hall–Kier alpha value is -1.91. The van der Waals surface area contributed by atoms with Crippen LogP contribution in [-0.4, -0.2) is 38.7 Å². The molecule has 0 N–H and O–H groups in total. The topological polar surface area (TPSA) is 51.0 Å². The maximum absolute atomic E-state index is 12.5. The Kier molecular flexibility index (Phi) is 3.20. The highest BCUT2D eigenvalue weighted by Gasteiger charge is 2.22. The lowest BCUT2D eigenvalue weighted by molar-refractivity contribution is 0.0697. The fourth-order valence-electron chi connectivity index (χ4n) is 2.82. The summed E-state index contributed by atoms with van der Waals surface area (Å²) in [5.41, 5.74) is 2.41. The summed E-state index contributed by atoms with van der Waals surface area (Å²) in [5, 5.41) is 5.30. The Balaban J connectivity index is 1.90. The van der Waals surface area contributed by atoms with Gasteiger partial charge in [-0.25, -0.2) is 4.98 Å². The van der Waals surface area contributed by atoms with Gasteiger partial charge in [-0.2, -0.15) is 5.10 Å². The van der Waals surface area contributed by atoms with E-state index in [0.29, 0.717) is 5.56 Å². The first-order valence-electron chi connectivity index (χ1n) is 7.15. The normalized spacial score (nSPS) is 16.9. The molecule has 0 aliphatic carbocycles. The molecule has 0 radical (unpaired) electrons. The minimum Gasteiger partial charge on any atom is -0.339 e. The molecule has 3 rings (SSSR count). The third-order valence-electron chi connectivity index (χ3n) is 4.18. The van der Waals surface area contributed by atoms with E-state index in [4.69, 9.17) is 0 Å². The molecule has 0 unspecified atom stereocenters. The van der Waals surface area contributed by atoms with Crippen molar-refractivity contribution in [3.63, 3.8) is 0 Å². The van der Waals surface area contributed by atoms with Crippen molar-refractivity contribution in [3.05, 3.63) is 23.5 Å². The van der Waals surface area contributed by atoms with E-state index in [-0.39, 0.29) is 5.91 Å². The molecule has 1 fully saturated rings. The van der Waals surface area contributed by atoms with Gasteiger partial charge in [0, 0.05) is 31.7 Å². The van der Waals surface area contributed by atoms with Gasteiger partial charge in [0.1, 0.15) is 0 Å². The number of piperidine rings is 1.